The quantitative estimate of drug-likeness (QED) is 0.670. The molecule has 0 spiro atoms. The number of anilines is 2. The van der Waals surface area contributed by atoms with Gasteiger partial charge in [-0.05, 0) is 19.8 Å². The Morgan fingerprint density at radius 1 is 1.59 bits per heavy atom. The highest BCUT2D eigenvalue weighted by molar-refractivity contribution is 5.64. The zero-order chi connectivity index (χ0) is 12.3. The second kappa shape index (κ2) is 5.01. The summed E-state index contributed by atoms with van der Waals surface area (Å²) in [7, 11) is 0. The van der Waals surface area contributed by atoms with Gasteiger partial charge in [0.2, 0.25) is 0 Å². The standard InChI is InChI=1S/C11H17N5O/c1-8(17)3-2-4-13-10-11-14-5-6-16(11)7-9(12)15-10/h5-8,17H,2-4,12H2,1H3,(H,13,15). The van der Waals surface area contributed by atoms with E-state index in [1.165, 1.54) is 0 Å². The number of fused-ring (bicyclic) bond motifs is 1. The number of rotatable bonds is 5. The normalized spacial score (nSPS) is 12.8. The van der Waals surface area contributed by atoms with E-state index in [0.717, 1.165) is 25.0 Å². The van der Waals surface area contributed by atoms with Crippen LogP contribution in [-0.4, -0.2) is 32.1 Å². The monoisotopic (exact) mass is 235 g/mol. The molecule has 17 heavy (non-hydrogen) atoms. The number of nitrogens with one attached hydrogen (secondary N) is 1. The molecule has 0 amide bonds. The Kier molecular flexibility index (Phi) is 3.43. The summed E-state index contributed by atoms with van der Waals surface area (Å²) >= 11 is 0. The average Bonchev–Trinajstić information content (AvgIpc) is 2.71. The van der Waals surface area contributed by atoms with Gasteiger partial charge in [0.05, 0.1) is 12.3 Å². The maximum atomic E-state index is 9.15. The average molecular weight is 235 g/mol. The van der Waals surface area contributed by atoms with E-state index in [4.69, 9.17) is 10.8 Å². The number of hydrogen-bond donors (Lipinski definition) is 3. The highest BCUT2D eigenvalue weighted by Crippen LogP contribution is 2.14. The number of nitrogens with zero attached hydrogens (tertiary/aromatic N) is 3. The molecule has 4 N–H and O–H groups in total. The van der Waals surface area contributed by atoms with Crippen molar-refractivity contribution in [2.75, 3.05) is 17.6 Å². The largest absolute Gasteiger partial charge is 0.393 e. The molecule has 92 valence electrons. The smallest absolute Gasteiger partial charge is 0.180 e. The van der Waals surface area contributed by atoms with Crippen molar-refractivity contribution in [2.45, 2.75) is 25.9 Å². The van der Waals surface area contributed by atoms with Crippen molar-refractivity contribution in [3.05, 3.63) is 18.6 Å². The lowest BCUT2D eigenvalue weighted by atomic mass is 10.2. The van der Waals surface area contributed by atoms with Gasteiger partial charge < -0.3 is 20.6 Å². The summed E-state index contributed by atoms with van der Waals surface area (Å²) < 4.78 is 1.83. The maximum Gasteiger partial charge on any atom is 0.180 e. The van der Waals surface area contributed by atoms with E-state index >= 15 is 0 Å². The van der Waals surface area contributed by atoms with Crippen LogP contribution in [0, 0.1) is 0 Å². The van der Waals surface area contributed by atoms with Gasteiger partial charge in [-0.3, -0.25) is 0 Å². The summed E-state index contributed by atoms with van der Waals surface area (Å²) in [6.07, 6.45) is 6.63. The minimum Gasteiger partial charge on any atom is -0.393 e. The molecule has 0 aliphatic carbocycles. The number of hydrogen-bond acceptors (Lipinski definition) is 5. The van der Waals surface area contributed by atoms with Crippen LogP contribution in [0.15, 0.2) is 18.6 Å². The van der Waals surface area contributed by atoms with Gasteiger partial charge >= 0.3 is 0 Å². The summed E-state index contributed by atoms with van der Waals surface area (Å²) in [6.45, 7) is 2.52. The van der Waals surface area contributed by atoms with E-state index in [-0.39, 0.29) is 6.10 Å². The second-order valence-electron chi connectivity index (χ2n) is 4.09. The third-order valence-electron chi connectivity index (χ3n) is 2.48. The van der Waals surface area contributed by atoms with Crippen LogP contribution in [0.5, 0.6) is 0 Å². The SMILES string of the molecule is CC(O)CCCNc1nc(N)cn2ccnc12. The van der Waals surface area contributed by atoms with Gasteiger partial charge in [0.1, 0.15) is 5.82 Å². The number of imidazole rings is 1. The first kappa shape index (κ1) is 11.7. The minimum atomic E-state index is -0.267. The lowest BCUT2D eigenvalue weighted by molar-refractivity contribution is 0.183. The van der Waals surface area contributed by atoms with Crippen molar-refractivity contribution in [1.29, 1.82) is 0 Å². The first-order valence-electron chi connectivity index (χ1n) is 5.68. The third-order valence-corrected chi connectivity index (χ3v) is 2.48. The highest BCUT2D eigenvalue weighted by atomic mass is 16.3. The fourth-order valence-corrected chi connectivity index (χ4v) is 1.67. The molecular formula is C11H17N5O. The van der Waals surface area contributed by atoms with Gasteiger partial charge in [0.25, 0.3) is 0 Å². The Morgan fingerprint density at radius 2 is 2.41 bits per heavy atom. The zero-order valence-electron chi connectivity index (χ0n) is 9.80. The number of nitrogen functional groups attached to an aromatic ring is 1. The lowest BCUT2D eigenvalue weighted by Gasteiger charge is -2.08. The molecule has 0 saturated carbocycles. The van der Waals surface area contributed by atoms with Crippen LogP contribution < -0.4 is 11.1 Å². The van der Waals surface area contributed by atoms with E-state index in [1.807, 2.05) is 10.6 Å². The molecule has 6 heteroatoms. The van der Waals surface area contributed by atoms with Crippen LogP contribution in [-0.2, 0) is 0 Å². The molecule has 0 fully saturated rings. The Bertz CT molecular complexity index is 494. The Labute approximate surface area is 99.5 Å². The Morgan fingerprint density at radius 3 is 3.18 bits per heavy atom. The minimum absolute atomic E-state index is 0.267. The summed E-state index contributed by atoms with van der Waals surface area (Å²) in [6, 6.07) is 0. The molecule has 0 aliphatic rings. The van der Waals surface area contributed by atoms with Gasteiger partial charge in [-0.25, -0.2) is 9.97 Å². The molecule has 0 aliphatic heterocycles. The van der Waals surface area contributed by atoms with E-state index in [1.54, 1.807) is 19.3 Å². The number of aromatic nitrogens is 3. The predicted octanol–water partition coefficient (Wildman–Crippen LogP) is 0.884. The van der Waals surface area contributed by atoms with Crippen molar-refractivity contribution >= 4 is 17.3 Å². The second-order valence-corrected chi connectivity index (χ2v) is 4.09. The van der Waals surface area contributed by atoms with E-state index in [9.17, 15) is 0 Å². The highest BCUT2D eigenvalue weighted by Gasteiger charge is 2.05. The predicted molar refractivity (Wildman–Crippen MR) is 66.8 cm³/mol. The molecule has 0 aromatic carbocycles. The first-order chi connectivity index (χ1) is 8.16. The fraction of sp³-hybridized carbons (Fsp3) is 0.455. The van der Waals surface area contributed by atoms with Crippen LogP contribution in [0.2, 0.25) is 0 Å². The molecule has 2 aromatic heterocycles. The van der Waals surface area contributed by atoms with Gasteiger partial charge in [0.15, 0.2) is 11.5 Å². The van der Waals surface area contributed by atoms with E-state index < -0.39 is 0 Å². The van der Waals surface area contributed by atoms with Crippen LogP contribution in [0.4, 0.5) is 11.6 Å². The lowest BCUT2D eigenvalue weighted by Crippen LogP contribution is -2.09. The molecule has 1 atom stereocenters. The van der Waals surface area contributed by atoms with Crippen molar-refractivity contribution in [3.63, 3.8) is 0 Å². The molecular weight excluding hydrogens is 218 g/mol. The molecule has 6 nitrogen and oxygen atoms in total. The van der Waals surface area contributed by atoms with E-state index in [2.05, 4.69) is 15.3 Å². The van der Waals surface area contributed by atoms with Crippen LogP contribution >= 0.6 is 0 Å². The van der Waals surface area contributed by atoms with Crippen molar-refractivity contribution in [2.24, 2.45) is 0 Å². The Hall–Kier alpha value is -1.82. The fourth-order valence-electron chi connectivity index (χ4n) is 1.67. The van der Waals surface area contributed by atoms with Gasteiger partial charge in [-0.1, -0.05) is 0 Å². The van der Waals surface area contributed by atoms with Gasteiger partial charge in [-0.15, -0.1) is 0 Å². The number of aliphatic hydroxyl groups is 1. The van der Waals surface area contributed by atoms with Gasteiger partial charge in [0, 0.05) is 18.9 Å². The number of nitrogens with two attached hydrogens (primary N) is 1. The molecule has 2 heterocycles. The van der Waals surface area contributed by atoms with E-state index in [0.29, 0.717) is 11.6 Å². The maximum absolute atomic E-state index is 9.15. The first-order valence-corrected chi connectivity index (χ1v) is 5.68. The van der Waals surface area contributed by atoms with Gasteiger partial charge in [-0.2, -0.15) is 0 Å². The third kappa shape index (κ3) is 2.85. The van der Waals surface area contributed by atoms with Crippen LogP contribution in [0.25, 0.3) is 5.65 Å². The molecule has 0 bridgehead atoms. The summed E-state index contributed by atoms with van der Waals surface area (Å²) in [5.41, 5.74) is 6.46. The Balaban J connectivity index is 2.04. The van der Waals surface area contributed by atoms with Crippen molar-refractivity contribution in [1.82, 2.24) is 14.4 Å². The summed E-state index contributed by atoms with van der Waals surface area (Å²) in [5.74, 6) is 1.13. The number of aliphatic hydroxyl groups excluding tert-OH is 1. The van der Waals surface area contributed by atoms with Crippen molar-refractivity contribution < 1.29 is 5.11 Å². The van der Waals surface area contributed by atoms with Crippen molar-refractivity contribution in [3.8, 4) is 0 Å². The zero-order valence-corrected chi connectivity index (χ0v) is 9.80. The van der Waals surface area contributed by atoms with Crippen LogP contribution in [0.3, 0.4) is 0 Å². The molecule has 2 rings (SSSR count). The van der Waals surface area contributed by atoms with Crippen LogP contribution in [0.1, 0.15) is 19.8 Å². The molecule has 0 saturated heterocycles. The summed E-state index contributed by atoms with van der Waals surface area (Å²) in [4.78, 5) is 8.42. The molecule has 1 unspecified atom stereocenters. The summed E-state index contributed by atoms with van der Waals surface area (Å²) in [5, 5.41) is 12.3. The molecule has 0 radical (unpaired) electrons. The topological polar surface area (TPSA) is 88.5 Å². The molecule has 2 aromatic rings.